The van der Waals surface area contributed by atoms with Crippen LogP contribution >= 0.6 is 11.3 Å². The first-order chi connectivity index (χ1) is 8.74. The second-order valence-electron chi connectivity index (χ2n) is 6.67. The number of hydrogen-bond donors (Lipinski definition) is 1. The molecule has 1 aromatic heterocycles. The maximum atomic E-state index is 6.10. The third kappa shape index (κ3) is 1.56. The Kier molecular flexibility index (Phi) is 2.48. The molecule has 0 spiro atoms. The summed E-state index contributed by atoms with van der Waals surface area (Å²) in [5, 5.41) is 2.35. The van der Waals surface area contributed by atoms with Gasteiger partial charge in [-0.1, -0.05) is 6.92 Å². The van der Waals surface area contributed by atoms with Crippen LogP contribution in [0.3, 0.4) is 0 Å². The minimum Gasteiger partial charge on any atom is -0.389 e. The van der Waals surface area contributed by atoms with Crippen molar-refractivity contribution < 1.29 is 0 Å². The number of aryl methyl sites for hydroxylation is 1. The Hall–Kier alpha value is -0.570. The summed E-state index contributed by atoms with van der Waals surface area (Å²) >= 11 is 1.78. The fraction of sp³-hybridized carbons (Fsp3) is 0.800. The van der Waals surface area contributed by atoms with Crippen LogP contribution in [0.25, 0.3) is 0 Å². The molecule has 5 rings (SSSR count). The average Bonchev–Trinajstić information content (AvgIpc) is 2.69. The van der Waals surface area contributed by atoms with E-state index < -0.39 is 0 Å². The zero-order valence-corrected chi connectivity index (χ0v) is 11.9. The van der Waals surface area contributed by atoms with Crippen LogP contribution in [0.2, 0.25) is 0 Å². The van der Waals surface area contributed by atoms with E-state index >= 15 is 0 Å². The molecular weight excluding hydrogens is 240 g/mol. The summed E-state index contributed by atoms with van der Waals surface area (Å²) < 4.78 is 0. The molecule has 2 N–H and O–H groups in total. The van der Waals surface area contributed by atoms with Crippen molar-refractivity contribution in [3.05, 3.63) is 10.7 Å². The number of aromatic nitrogens is 1. The van der Waals surface area contributed by atoms with E-state index in [1.807, 2.05) is 0 Å². The van der Waals surface area contributed by atoms with E-state index in [0.717, 1.165) is 46.7 Å². The van der Waals surface area contributed by atoms with Gasteiger partial charge in [0.25, 0.3) is 0 Å². The van der Waals surface area contributed by atoms with Crippen LogP contribution in [-0.2, 0) is 6.42 Å². The highest BCUT2D eigenvalue weighted by Gasteiger charge is 2.49. The first kappa shape index (κ1) is 11.3. The molecule has 4 aliphatic carbocycles. The summed E-state index contributed by atoms with van der Waals surface area (Å²) in [6, 6.07) is 0. The molecule has 18 heavy (non-hydrogen) atoms. The van der Waals surface area contributed by atoms with E-state index in [0.29, 0.717) is 0 Å². The fourth-order valence-electron chi connectivity index (χ4n) is 5.11. The van der Waals surface area contributed by atoms with Crippen molar-refractivity contribution >= 4 is 16.3 Å². The normalized spacial score (nSPS) is 41.5. The molecule has 0 atom stereocenters. The van der Waals surface area contributed by atoms with Crippen molar-refractivity contribution in [2.75, 3.05) is 5.73 Å². The first-order valence-electron chi connectivity index (χ1n) is 7.49. The summed E-state index contributed by atoms with van der Waals surface area (Å²) in [5.41, 5.74) is 7.24. The second kappa shape index (κ2) is 3.96. The molecule has 4 saturated carbocycles. The Morgan fingerprint density at radius 2 is 1.72 bits per heavy atom. The lowest BCUT2D eigenvalue weighted by Gasteiger charge is -2.53. The van der Waals surface area contributed by atoms with Gasteiger partial charge in [-0.15, -0.1) is 11.3 Å². The van der Waals surface area contributed by atoms with Crippen molar-refractivity contribution in [1.82, 2.24) is 4.98 Å². The van der Waals surface area contributed by atoms with Gasteiger partial charge in [0.15, 0.2) is 0 Å². The zero-order valence-electron chi connectivity index (χ0n) is 11.1. The molecule has 0 radical (unpaired) electrons. The predicted octanol–water partition coefficient (Wildman–Crippen LogP) is 3.83. The van der Waals surface area contributed by atoms with Gasteiger partial charge in [-0.25, -0.2) is 4.98 Å². The number of rotatable bonds is 2. The summed E-state index contributed by atoms with van der Waals surface area (Å²) in [5.74, 6) is 4.71. The van der Waals surface area contributed by atoms with Gasteiger partial charge in [0.2, 0.25) is 0 Å². The van der Waals surface area contributed by atoms with Crippen LogP contribution in [-0.4, -0.2) is 4.98 Å². The van der Waals surface area contributed by atoms with E-state index in [4.69, 9.17) is 10.7 Å². The van der Waals surface area contributed by atoms with E-state index in [9.17, 15) is 0 Å². The minimum absolute atomic E-state index is 0.755. The molecule has 98 valence electrons. The fourth-order valence-corrected chi connectivity index (χ4v) is 6.32. The van der Waals surface area contributed by atoms with Crippen LogP contribution in [0, 0.1) is 23.7 Å². The Labute approximate surface area is 113 Å². The van der Waals surface area contributed by atoms with Gasteiger partial charge in [-0.2, -0.15) is 0 Å². The zero-order chi connectivity index (χ0) is 12.3. The van der Waals surface area contributed by atoms with Crippen molar-refractivity contribution in [2.45, 2.75) is 51.4 Å². The Morgan fingerprint density at radius 3 is 2.22 bits per heavy atom. The molecular formula is C15H22N2S. The highest BCUT2D eigenvalue weighted by Crippen LogP contribution is 2.60. The van der Waals surface area contributed by atoms with Gasteiger partial charge >= 0.3 is 0 Å². The molecule has 4 fully saturated rings. The van der Waals surface area contributed by atoms with E-state index in [-0.39, 0.29) is 0 Å². The van der Waals surface area contributed by atoms with Crippen LogP contribution < -0.4 is 5.73 Å². The molecule has 4 bridgehead atoms. The van der Waals surface area contributed by atoms with Gasteiger partial charge in [0.05, 0.1) is 10.7 Å². The number of nitrogen functional groups attached to an aromatic ring is 1. The molecule has 1 aromatic rings. The minimum atomic E-state index is 0.755. The van der Waals surface area contributed by atoms with Crippen LogP contribution in [0.5, 0.6) is 0 Å². The maximum Gasteiger partial charge on any atom is 0.109 e. The number of hydrogen-bond acceptors (Lipinski definition) is 3. The molecule has 1 heterocycles. The highest BCUT2D eigenvalue weighted by atomic mass is 32.1. The maximum absolute atomic E-state index is 6.10. The first-order valence-corrected chi connectivity index (χ1v) is 8.31. The lowest BCUT2D eigenvalue weighted by atomic mass is 9.52. The third-order valence-electron chi connectivity index (χ3n) is 5.59. The average molecular weight is 262 g/mol. The summed E-state index contributed by atoms with van der Waals surface area (Å²) in [6.07, 6.45) is 8.39. The van der Waals surface area contributed by atoms with Crippen LogP contribution in [0.15, 0.2) is 0 Å². The Morgan fingerprint density at radius 1 is 1.11 bits per heavy atom. The summed E-state index contributed by atoms with van der Waals surface area (Å²) in [7, 11) is 0. The monoisotopic (exact) mass is 262 g/mol. The molecule has 0 aromatic carbocycles. The smallest absolute Gasteiger partial charge is 0.109 e. The molecule has 3 heteroatoms. The quantitative estimate of drug-likeness (QED) is 0.879. The van der Waals surface area contributed by atoms with E-state index in [1.54, 1.807) is 11.3 Å². The summed E-state index contributed by atoms with van der Waals surface area (Å²) in [4.78, 5) is 4.87. The Bertz CT molecular complexity index is 437. The van der Waals surface area contributed by atoms with Crippen LogP contribution in [0.1, 0.15) is 55.6 Å². The lowest BCUT2D eigenvalue weighted by Crippen LogP contribution is -2.43. The van der Waals surface area contributed by atoms with Gasteiger partial charge < -0.3 is 5.73 Å². The SMILES string of the molecule is CCc1nc(C2C3CC4CC(C3)CC2C4)sc1N. The molecule has 0 amide bonds. The third-order valence-corrected chi connectivity index (χ3v) is 6.62. The number of thiazole rings is 1. The van der Waals surface area contributed by atoms with Gasteiger partial charge in [0.1, 0.15) is 5.00 Å². The molecule has 0 unspecified atom stereocenters. The number of nitrogens with zero attached hydrogens (tertiary/aromatic N) is 1. The standard InChI is InChI=1S/C15H22N2S/c1-2-12-14(16)18-15(17-12)13-10-4-8-3-9(6-10)7-11(13)5-8/h8-11,13H,2-7,16H2,1H3. The summed E-state index contributed by atoms with van der Waals surface area (Å²) in [6.45, 7) is 2.16. The largest absolute Gasteiger partial charge is 0.389 e. The predicted molar refractivity (Wildman–Crippen MR) is 75.7 cm³/mol. The van der Waals surface area contributed by atoms with Crippen molar-refractivity contribution in [3.63, 3.8) is 0 Å². The molecule has 2 nitrogen and oxygen atoms in total. The number of anilines is 1. The van der Waals surface area contributed by atoms with Gasteiger partial charge in [-0.3, -0.25) is 0 Å². The van der Waals surface area contributed by atoms with Crippen molar-refractivity contribution in [1.29, 1.82) is 0 Å². The molecule has 4 aliphatic rings. The topological polar surface area (TPSA) is 38.9 Å². The van der Waals surface area contributed by atoms with Crippen molar-refractivity contribution in [2.24, 2.45) is 23.7 Å². The van der Waals surface area contributed by atoms with Gasteiger partial charge in [0, 0.05) is 5.92 Å². The molecule has 0 aliphatic heterocycles. The molecule has 0 saturated heterocycles. The van der Waals surface area contributed by atoms with Crippen molar-refractivity contribution in [3.8, 4) is 0 Å². The highest BCUT2D eigenvalue weighted by molar-refractivity contribution is 7.15. The number of nitrogens with two attached hydrogens (primary N) is 1. The van der Waals surface area contributed by atoms with E-state index in [1.165, 1.54) is 37.1 Å². The second-order valence-corrected chi connectivity index (χ2v) is 7.74. The Balaban J connectivity index is 1.67. The van der Waals surface area contributed by atoms with E-state index in [2.05, 4.69) is 6.92 Å². The lowest BCUT2D eigenvalue weighted by molar-refractivity contribution is -0.00287. The van der Waals surface area contributed by atoms with Crippen LogP contribution in [0.4, 0.5) is 5.00 Å². The van der Waals surface area contributed by atoms with Gasteiger partial charge in [-0.05, 0) is 62.2 Å².